The first-order valence-electron chi connectivity index (χ1n) is 10.4. The fraction of sp³-hybridized carbons (Fsp3) is 0.200. The molecule has 3 aromatic rings. The van der Waals surface area contributed by atoms with Crippen molar-refractivity contribution in [1.29, 1.82) is 0 Å². The van der Waals surface area contributed by atoms with Crippen molar-refractivity contribution in [3.05, 3.63) is 95.6 Å². The van der Waals surface area contributed by atoms with Gasteiger partial charge in [0.25, 0.3) is 11.7 Å². The molecule has 0 saturated carbocycles. The van der Waals surface area contributed by atoms with Crippen molar-refractivity contribution in [1.82, 2.24) is 14.9 Å². The Morgan fingerprint density at radius 1 is 1.06 bits per heavy atom. The molecular formula is C25H23N3O4. The second-order valence-corrected chi connectivity index (χ2v) is 7.45. The molecule has 0 unspecified atom stereocenters. The number of aliphatic hydroxyl groups is 1. The molecule has 7 heteroatoms. The number of hydrogen-bond donors (Lipinski definition) is 1. The van der Waals surface area contributed by atoms with Crippen LogP contribution in [0.1, 0.15) is 36.1 Å². The zero-order valence-electron chi connectivity index (χ0n) is 17.6. The van der Waals surface area contributed by atoms with E-state index < -0.39 is 17.7 Å². The van der Waals surface area contributed by atoms with E-state index in [2.05, 4.69) is 9.97 Å². The number of ketones is 1. The van der Waals surface area contributed by atoms with Gasteiger partial charge in [-0.05, 0) is 47.9 Å². The molecule has 0 bridgehead atoms. The van der Waals surface area contributed by atoms with Crippen LogP contribution in [-0.4, -0.2) is 38.3 Å². The van der Waals surface area contributed by atoms with Crippen LogP contribution in [0.15, 0.2) is 78.9 Å². The molecule has 1 saturated heterocycles. The van der Waals surface area contributed by atoms with Crippen LogP contribution < -0.4 is 4.74 Å². The molecule has 2 aromatic heterocycles. The van der Waals surface area contributed by atoms with Gasteiger partial charge in [0.2, 0.25) is 0 Å². The average molecular weight is 429 g/mol. The van der Waals surface area contributed by atoms with Gasteiger partial charge in [0.05, 0.1) is 18.2 Å². The lowest BCUT2D eigenvalue weighted by atomic mass is 9.96. The number of likely N-dealkylation sites (tertiary alicyclic amines) is 1. The highest BCUT2D eigenvalue weighted by atomic mass is 16.5. The summed E-state index contributed by atoms with van der Waals surface area (Å²) >= 11 is 0. The van der Waals surface area contributed by atoms with Gasteiger partial charge in [-0.3, -0.25) is 19.6 Å². The van der Waals surface area contributed by atoms with Crippen molar-refractivity contribution < 1.29 is 19.4 Å². The van der Waals surface area contributed by atoms with Crippen molar-refractivity contribution >= 4 is 17.4 Å². The maximum Gasteiger partial charge on any atom is 0.295 e. The van der Waals surface area contributed by atoms with Gasteiger partial charge in [0, 0.05) is 36.9 Å². The topological polar surface area (TPSA) is 92.6 Å². The summed E-state index contributed by atoms with van der Waals surface area (Å²) in [7, 11) is 0. The van der Waals surface area contributed by atoms with Gasteiger partial charge in [-0.15, -0.1) is 0 Å². The number of Topliss-reactive ketones (excluding diaryl/α,β-unsaturated/α-hetero) is 1. The Bertz CT molecular complexity index is 1150. The van der Waals surface area contributed by atoms with Gasteiger partial charge < -0.3 is 14.7 Å². The molecule has 1 fully saturated rings. The largest absolute Gasteiger partial charge is 0.507 e. The van der Waals surface area contributed by atoms with Gasteiger partial charge in [0.15, 0.2) is 0 Å². The molecule has 1 aliphatic heterocycles. The summed E-state index contributed by atoms with van der Waals surface area (Å²) in [5, 5.41) is 11.2. The number of pyridine rings is 2. The van der Waals surface area contributed by atoms with E-state index in [9.17, 15) is 14.7 Å². The molecule has 1 amide bonds. The lowest BCUT2D eigenvalue weighted by Crippen LogP contribution is -2.29. The second-order valence-electron chi connectivity index (χ2n) is 7.45. The predicted molar refractivity (Wildman–Crippen MR) is 119 cm³/mol. The van der Waals surface area contributed by atoms with E-state index in [-0.39, 0.29) is 17.9 Å². The molecule has 162 valence electrons. The second kappa shape index (κ2) is 9.43. The van der Waals surface area contributed by atoms with E-state index in [1.165, 1.54) is 4.90 Å². The number of hydrogen-bond acceptors (Lipinski definition) is 6. The maximum atomic E-state index is 13.1. The van der Waals surface area contributed by atoms with E-state index in [1.807, 2.05) is 13.0 Å². The van der Waals surface area contributed by atoms with Crippen molar-refractivity contribution in [2.75, 3.05) is 6.61 Å². The Hall–Kier alpha value is -4.00. The molecule has 3 heterocycles. The maximum absolute atomic E-state index is 13.1. The molecule has 1 aromatic carbocycles. The Kier molecular flexibility index (Phi) is 6.26. The number of carbonyl (C=O) groups is 2. The van der Waals surface area contributed by atoms with Gasteiger partial charge in [0.1, 0.15) is 11.5 Å². The summed E-state index contributed by atoms with van der Waals surface area (Å²) in [5.74, 6) is -1.05. The average Bonchev–Trinajstić information content (AvgIpc) is 3.08. The van der Waals surface area contributed by atoms with E-state index in [4.69, 9.17) is 4.74 Å². The minimum absolute atomic E-state index is 0.0396. The van der Waals surface area contributed by atoms with Crippen molar-refractivity contribution in [3.63, 3.8) is 0 Å². The number of carbonyl (C=O) groups excluding carboxylic acids is 2. The quantitative estimate of drug-likeness (QED) is 0.348. The third kappa shape index (κ3) is 4.23. The Labute approximate surface area is 186 Å². The van der Waals surface area contributed by atoms with Gasteiger partial charge in [-0.2, -0.15) is 0 Å². The third-order valence-electron chi connectivity index (χ3n) is 5.22. The number of ether oxygens (including phenoxy) is 1. The van der Waals surface area contributed by atoms with Crippen LogP contribution in [0, 0.1) is 0 Å². The standard InChI is InChI=1S/C25H23N3O4/c1-2-13-32-20-7-3-6-19(14-20)23(29)21-22(18-8-11-26-12-9-18)28(25(31)24(21)30)16-17-5-4-10-27-15-17/h3-12,14-15,22,29H,2,13,16H2,1H3/t22-/m1/s1. The summed E-state index contributed by atoms with van der Waals surface area (Å²) in [6.45, 7) is 2.72. The number of rotatable bonds is 7. The summed E-state index contributed by atoms with van der Waals surface area (Å²) in [5.41, 5.74) is 1.92. The van der Waals surface area contributed by atoms with Gasteiger partial charge in [-0.1, -0.05) is 25.1 Å². The summed E-state index contributed by atoms with van der Waals surface area (Å²) in [6.07, 6.45) is 7.33. The van der Waals surface area contributed by atoms with E-state index in [1.54, 1.807) is 67.3 Å². The fourth-order valence-corrected chi connectivity index (χ4v) is 3.73. The smallest absolute Gasteiger partial charge is 0.295 e. The first-order valence-corrected chi connectivity index (χ1v) is 10.4. The van der Waals surface area contributed by atoms with Crippen LogP contribution in [0.25, 0.3) is 5.76 Å². The number of nitrogens with zero attached hydrogens (tertiary/aromatic N) is 3. The Morgan fingerprint density at radius 3 is 2.59 bits per heavy atom. The van der Waals surface area contributed by atoms with E-state index in [0.717, 1.165) is 12.0 Å². The highest BCUT2D eigenvalue weighted by molar-refractivity contribution is 6.46. The molecule has 4 rings (SSSR count). The van der Waals surface area contributed by atoms with Crippen molar-refractivity contribution in [2.45, 2.75) is 25.9 Å². The van der Waals surface area contributed by atoms with Gasteiger partial charge in [-0.25, -0.2) is 0 Å². The van der Waals surface area contributed by atoms with Crippen LogP contribution in [-0.2, 0) is 16.1 Å². The van der Waals surface area contributed by atoms with Crippen LogP contribution in [0.3, 0.4) is 0 Å². The highest BCUT2D eigenvalue weighted by Crippen LogP contribution is 2.40. The van der Waals surface area contributed by atoms with Crippen LogP contribution in [0.5, 0.6) is 5.75 Å². The molecule has 1 atom stereocenters. The lowest BCUT2D eigenvalue weighted by Gasteiger charge is -2.25. The van der Waals surface area contributed by atoms with Crippen LogP contribution in [0.2, 0.25) is 0 Å². The molecule has 1 N–H and O–H groups in total. The van der Waals surface area contributed by atoms with Crippen LogP contribution in [0.4, 0.5) is 0 Å². The molecule has 0 radical (unpaired) electrons. The minimum atomic E-state index is -0.751. The zero-order valence-corrected chi connectivity index (χ0v) is 17.6. The molecule has 0 spiro atoms. The summed E-state index contributed by atoms with van der Waals surface area (Å²) in [6, 6.07) is 13.2. The van der Waals surface area contributed by atoms with Crippen LogP contribution >= 0.6 is 0 Å². The molecule has 32 heavy (non-hydrogen) atoms. The minimum Gasteiger partial charge on any atom is -0.507 e. The molecular weight excluding hydrogens is 406 g/mol. The van der Waals surface area contributed by atoms with E-state index >= 15 is 0 Å². The number of benzene rings is 1. The lowest BCUT2D eigenvalue weighted by molar-refractivity contribution is -0.140. The highest BCUT2D eigenvalue weighted by Gasteiger charge is 2.46. The number of aliphatic hydroxyl groups excluding tert-OH is 1. The third-order valence-corrected chi connectivity index (χ3v) is 5.22. The van der Waals surface area contributed by atoms with E-state index in [0.29, 0.717) is 23.5 Å². The summed E-state index contributed by atoms with van der Waals surface area (Å²) < 4.78 is 5.66. The SMILES string of the molecule is CCCOc1cccc(C(O)=C2C(=O)C(=O)N(Cc3cccnc3)[C@@H]2c2ccncc2)c1. The van der Waals surface area contributed by atoms with Crippen molar-refractivity contribution in [2.24, 2.45) is 0 Å². The molecule has 1 aliphatic rings. The fourth-order valence-electron chi connectivity index (χ4n) is 3.73. The number of aromatic nitrogens is 2. The van der Waals surface area contributed by atoms with Crippen molar-refractivity contribution in [3.8, 4) is 5.75 Å². The normalized spacial score (nSPS) is 17.5. The Morgan fingerprint density at radius 2 is 1.88 bits per heavy atom. The first-order chi connectivity index (χ1) is 15.6. The molecule has 7 nitrogen and oxygen atoms in total. The van der Waals surface area contributed by atoms with Gasteiger partial charge >= 0.3 is 0 Å². The summed E-state index contributed by atoms with van der Waals surface area (Å²) in [4.78, 5) is 35.7. The predicted octanol–water partition coefficient (Wildman–Crippen LogP) is 3.89. The number of amides is 1. The Balaban J connectivity index is 1.80. The first kappa shape index (κ1) is 21.2. The molecule has 0 aliphatic carbocycles. The zero-order chi connectivity index (χ0) is 22.5. The monoisotopic (exact) mass is 429 g/mol.